The van der Waals surface area contributed by atoms with Gasteiger partial charge in [0.25, 0.3) is 0 Å². The SMILES string of the molecule is CCOC(=O)CCNCC(=O)N(C(C)C)C(C)C. The number of amides is 1. The molecule has 18 heavy (non-hydrogen) atoms. The average molecular weight is 258 g/mol. The molecule has 0 aromatic heterocycles. The van der Waals surface area contributed by atoms with Crippen LogP contribution in [0.3, 0.4) is 0 Å². The van der Waals surface area contributed by atoms with Crippen LogP contribution in [0.4, 0.5) is 0 Å². The quantitative estimate of drug-likeness (QED) is 0.524. The van der Waals surface area contributed by atoms with Gasteiger partial charge in [0.15, 0.2) is 0 Å². The monoisotopic (exact) mass is 258 g/mol. The number of carbonyl (C=O) groups is 2. The second kappa shape index (κ2) is 8.91. The van der Waals surface area contributed by atoms with Gasteiger partial charge in [0.1, 0.15) is 0 Å². The third kappa shape index (κ3) is 6.59. The first-order valence-electron chi connectivity index (χ1n) is 6.57. The van der Waals surface area contributed by atoms with Gasteiger partial charge in [-0.3, -0.25) is 9.59 Å². The molecule has 1 N–H and O–H groups in total. The number of nitrogens with one attached hydrogen (secondary N) is 1. The summed E-state index contributed by atoms with van der Waals surface area (Å²) in [6.07, 6.45) is 0.296. The average Bonchev–Trinajstić information content (AvgIpc) is 2.23. The van der Waals surface area contributed by atoms with Crippen LogP contribution in [0, 0.1) is 0 Å². The molecule has 5 heteroatoms. The normalized spacial score (nSPS) is 10.8. The lowest BCUT2D eigenvalue weighted by atomic mass is 10.2. The van der Waals surface area contributed by atoms with Gasteiger partial charge >= 0.3 is 5.97 Å². The van der Waals surface area contributed by atoms with Gasteiger partial charge in [-0.15, -0.1) is 0 Å². The maximum atomic E-state index is 11.9. The molecular formula is C13H26N2O3. The highest BCUT2D eigenvalue weighted by atomic mass is 16.5. The van der Waals surface area contributed by atoms with E-state index in [1.807, 2.05) is 32.6 Å². The summed E-state index contributed by atoms with van der Waals surface area (Å²) in [5.74, 6) is -0.175. The smallest absolute Gasteiger partial charge is 0.307 e. The van der Waals surface area contributed by atoms with E-state index in [2.05, 4.69) is 5.32 Å². The highest BCUT2D eigenvalue weighted by Crippen LogP contribution is 2.04. The molecule has 0 rings (SSSR count). The summed E-state index contributed by atoms with van der Waals surface area (Å²) in [6, 6.07) is 0.369. The van der Waals surface area contributed by atoms with Crippen LogP contribution in [0.5, 0.6) is 0 Å². The van der Waals surface area contributed by atoms with E-state index < -0.39 is 0 Å². The minimum absolute atomic E-state index is 0.0591. The summed E-state index contributed by atoms with van der Waals surface area (Å²) in [5.41, 5.74) is 0. The van der Waals surface area contributed by atoms with Crippen molar-refractivity contribution in [2.24, 2.45) is 0 Å². The Morgan fingerprint density at radius 1 is 1.17 bits per heavy atom. The van der Waals surface area contributed by atoms with Crippen molar-refractivity contribution in [1.29, 1.82) is 0 Å². The predicted octanol–water partition coefficient (Wildman–Crippen LogP) is 1.17. The molecule has 0 saturated carbocycles. The summed E-state index contributed by atoms with van der Waals surface area (Å²) < 4.78 is 4.80. The largest absolute Gasteiger partial charge is 0.466 e. The maximum Gasteiger partial charge on any atom is 0.307 e. The van der Waals surface area contributed by atoms with Gasteiger partial charge in [-0.05, 0) is 34.6 Å². The van der Waals surface area contributed by atoms with Crippen LogP contribution in [0.2, 0.25) is 0 Å². The zero-order valence-corrected chi connectivity index (χ0v) is 12.2. The van der Waals surface area contributed by atoms with E-state index in [-0.39, 0.29) is 30.5 Å². The van der Waals surface area contributed by atoms with Crippen molar-refractivity contribution in [3.63, 3.8) is 0 Å². The van der Waals surface area contributed by atoms with E-state index in [1.54, 1.807) is 6.92 Å². The van der Waals surface area contributed by atoms with Gasteiger partial charge in [-0.1, -0.05) is 0 Å². The van der Waals surface area contributed by atoms with E-state index in [4.69, 9.17) is 4.74 Å². The molecule has 0 aliphatic carbocycles. The van der Waals surface area contributed by atoms with E-state index in [1.165, 1.54) is 0 Å². The topological polar surface area (TPSA) is 58.6 Å². The number of esters is 1. The van der Waals surface area contributed by atoms with Crippen LogP contribution in [0.25, 0.3) is 0 Å². The summed E-state index contributed by atoms with van der Waals surface area (Å²) >= 11 is 0. The number of nitrogens with zero attached hydrogens (tertiary/aromatic N) is 1. The van der Waals surface area contributed by atoms with Crippen molar-refractivity contribution in [1.82, 2.24) is 10.2 Å². The Hall–Kier alpha value is -1.10. The molecule has 0 atom stereocenters. The van der Waals surface area contributed by atoms with Crippen LogP contribution in [0.1, 0.15) is 41.0 Å². The van der Waals surface area contributed by atoms with Crippen LogP contribution >= 0.6 is 0 Å². The van der Waals surface area contributed by atoms with Gasteiger partial charge in [0.2, 0.25) is 5.91 Å². The van der Waals surface area contributed by atoms with Crippen molar-refractivity contribution in [2.75, 3.05) is 19.7 Å². The van der Waals surface area contributed by atoms with Crippen molar-refractivity contribution >= 4 is 11.9 Å². The van der Waals surface area contributed by atoms with Crippen molar-refractivity contribution < 1.29 is 14.3 Å². The summed E-state index contributed by atoms with van der Waals surface area (Å²) in [6.45, 7) is 10.9. The summed E-state index contributed by atoms with van der Waals surface area (Å²) in [5, 5.41) is 2.97. The molecule has 0 heterocycles. The highest BCUT2D eigenvalue weighted by molar-refractivity contribution is 5.79. The third-order valence-electron chi connectivity index (χ3n) is 2.49. The number of carbonyl (C=O) groups excluding carboxylic acids is 2. The molecule has 0 bridgehead atoms. The fraction of sp³-hybridized carbons (Fsp3) is 0.846. The highest BCUT2D eigenvalue weighted by Gasteiger charge is 2.19. The molecule has 0 unspecified atom stereocenters. The Balaban J connectivity index is 3.92. The Morgan fingerprint density at radius 3 is 2.17 bits per heavy atom. The third-order valence-corrected chi connectivity index (χ3v) is 2.49. The first-order valence-corrected chi connectivity index (χ1v) is 6.57. The van der Waals surface area contributed by atoms with Crippen LogP contribution in [0.15, 0.2) is 0 Å². The molecule has 0 aliphatic heterocycles. The van der Waals surface area contributed by atoms with E-state index in [0.29, 0.717) is 19.6 Å². The summed E-state index contributed by atoms with van der Waals surface area (Å²) in [4.78, 5) is 24.9. The van der Waals surface area contributed by atoms with Gasteiger partial charge in [-0.25, -0.2) is 0 Å². The van der Waals surface area contributed by atoms with E-state index >= 15 is 0 Å². The van der Waals surface area contributed by atoms with Crippen molar-refractivity contribution in [3.05, 3.63) is 0 Å². The molecule has 0 aromatic carbocycles. The Kier molecular flexibility index (Phi) is 8.37. The molecule has 0 aromatic rings. The lowest BCUT2D eigenvalue weighted by molar-refractivity contribution is -0.143. The van der Waals surface area contributed by atoms with Crippen LogP contribution in [-0.4, -0.2) is 48.6 Å². The first kappa shape index (κ1) is 16.9. The molecule has 1 amide bonds. The van der Waals surface area contributed by atoms with Crippen LogP contribution in [-0.2, 0) is 14.3 Å². The molecule has 0 radical (unpaired) electrons. The lowest BCUT2D eigenvalue weighted by Gasteiger charge is -2.30. The predicted molar refractivity (Wildman–Crippen MR) is 71.2 cm³/mol. The molecule has 106 valence electrons. The Labute approximate surface area is 110 Å². The molecule has 0 saturated heterocycles. The van der Waals surface area contributed by atoms with E-state index in [9.17, 15) is 9.59 Å². The van der Waals surface area contributed by atoms with Gasteiger partial charge < -0.3 is 15.0 Å². The number of hydrogen-bond acceptors (Lipinski definition) is 4. The minimum Gasteiger partial charge on any atom is -0.466 e. The molecule has 0 fully saturated rings. The first-order chi connectivity index (χ1) is 8.40. The summed E-state index contributed by atoms with van der Waals surface area (Å²) in [7, 11) is 0. The standard InChI is InChI=1S/C13H26N2O3/c1-6-18-13(17)7-8-14-9-12(16)15(10(2)3)11(4)5/h10-11,14H,6-9H2,1-5H3. The van der Waals surface area contributed by atoms with Crippen LogP contribution < -0.4 is 5.32 Å². The van der Waals surface area contributed by atoms with Gasteiger partial charge in [-0.2, -0.15) is 0 Å². The second-order valence-corrected chi connectivity index (χ2v) is 4.72. The van der Waals surface area contributed by atoms with E-state index in [0.717, 1.165) is 0 Å². The Bertz CT molecular complexity index is 257. The van der Waals surface area contributed by atoms with Crippen molar-refractivity contribution in [3.8, 4) is 0 Å². The zero-order valence-electron chi connectivity index (χ0n) is 12.2. The lowest BCUT2D eigenvalue weighted by Crippen LogP contribution is -2.46. The fourth-order valence-electron chi connectivity index (χ4n) is 1.88. The van der Waals surface area contributed by atoms with Crippen molar-refractivity contribution in [2.45, 2.75) is 53.1 Å². The number of hydrogen-bond donors (Lipinski definition) is 1. The number of rotatable bonds is 8. The molecule has 0 aliphatic rings. The molecule has 5 nitrogen and oxygen atoms in total. The van der Waals surface area contributed by atoms with Gasteiger partial charge in [0, 0.05) is 18.6 Å². The minimum atomic E-state index is -0.234. The van der Waals surface area contributed by atoms with Gasteiger partial charge in [0.05, 0.1) is 19.6 Å². The zero-order chi connectivity index (χ0) is 14.1. The molecular weight excluding hydrogens is 232 g/mol. The fourth-order valence-corrected chi connectivity index (χ4v) is 1.88. The number of ether oxygens (including phenoxy) is 1. The maximum absolute atomic E-state index is 11.9. The second-order valence-electron chi connectivity index (χ2n) is 4.72. The Morgan fingerprint density at radius 2 is 1.72 bits per heavy atom. The molecule has 0 spiro atoms.